The number of nitrogens with one attached hydrogen (secondary N) is 2. The Balaban J connectivity index is 1.66. The molecular weight excluding hydrogens is 422 g/mol. The van der Waals surface area contributed by atoms with Crippen LogP contribution in [0.2, 0.25) is 0 Å². The number of pyridine rings is 1. The van der Waals surface area contributed by atoms with Crippen molar-refractivity contribution in [1.82, 2.24) is 30.5 Å². The minimum absolute atomic E-state index is 0.164. The Bertz CT molecular complexity index is 1360. The first-order valence-electron chi connectivity index (χ1n) is 9.77. The molecule has 3 heterocycles. The number of rotatable bonds is 6. The van der Waals surface area contributed by atoms with E-state index in [4.69, 9.17) is 10.00 Å². The summed E-state index contributed by atoms with van der Waals surface area (Å²) in [6.45, 7) is 0. The fourth-order valence-corrected chi connectivity index (χ4v) is 3.12. The average Bonchev–Trinajstić information content (AvgIpc) is 2.88. The molecule has 0 aliphatic rings. The number of hydrogen-bond acceptors (Lipinski definition) is 8. The van der Waals surface area contributed by atoms with Crippen molar-refractivity contribution < 1.29 is 9.53 Å². The van der Waals surface area contributed by atoms with Crippen LogP contribution in [0.1, 0.15) is 33.2 Å². The van der Waals surface area contributed by atoms with Gasteiger partial charge in [0.25, 0.3) is 11.5 Å². The molecule has 33 heavy (non-hydrogen) atoms. The lowest BCUT2D eigenvalue weighted by molar-refractivity contribution is 0.0941. The third-order valence-electron chi connectivity index (χ3n) is 4.82. The van der Waals surface area contributed by atoms with Crippen molar-refractivity contribution in [2.75, 3.05) is 7.11 Å². The predicted molar refractivity (Wildman–Crippen MR) is 117 cm³/mol. The molecule has 0 fully saturated rings. The highest BCUT2D eigenvalue weighted by atomic mass is 16.5. The van der Waals surface area contributed by atoms with Crippen molar-refractivity contribution in [2.24, 2.45) is 0 Å². The zero-order chi connectivity index (χ0) is 23.2. The number of aromatic amines is 1. The van der Waals surface area contributed by atoms with Gasteiger partial charge in [0.1, 0.15) is 28.8 Å². The molecule has 1 unspecified atom stereocenters. The Hall–Kier alpha value is -4.91. The number of amides is 1. The van der Waals surface area contributed by atoms with Crippen LogP contribution in [-0.4, -0.2) is 38.2 Å². The van der Waals surface area contributed by atoms with Gasteiger partial charge in [-0.25, -0.2) is 9.97 Å². The largest absolute Gasteiger partial charge is 0.497 e. The number of methoxy groups -OCH3 is 1. The first-order chi connectivity index (χ1) is 16.1. The molecule has 1 amide bonds. The summed E-state index contributed by atoms with van der Waals surface area (Å²) in [7, 11) is 1.56. The van der Waals surface area contributed by atoms with Gasteiger partial charge in [-0.1, -0.05) is 18.2 Å². The van der Waals surface area contributed by atoms with Crippen LogP contribution in [0.5, 0.6) is 5.75 Å². The summed E-state index contributed by atoms with van der Waals surface area (Å²) in [6.07, 6.45) is 4.20. The number of nitrogens with zero attached hydrogens (tertiary/aromatic N) is 5. The van der Waals surface area contributed by atoms with E-state index in [-0.39, 0.29) is 17.1 Å². The van der Waals surface area contributed by atoms with Crippen molar-refractivity contribution >= 4 is 5.91 Å². The molecule has 1 atom stereocenters. The van der Waals surface area contributed by atoms with Gasteiger partial charge in [0.05, 0.1) is 13.2 Å². The Morgan fingerprint density at radius 3 is 2.48 bits per heavy atom. The highest BCUT2D eigenvalue weighted by Crippen LogP contribution is 2.24. The smallest absolute Gasteiger partial charge is 0.264 e. The number of nitriles is 1. The molecule has 0 spiro atoms. The van der Waals surface area contributed by atoms with E-state index in [0.717, 1.165) is 5.56 Å². The summed E-state index contributed by atoms with van der Waals surface area (Å²) in [6, 6.07) is 15.0. The molecule has 4 aromatic rings. The Morgan fingerprint density at radius 1 is 1.09 bits per heavy atom. The van der Waals surface area contributed by atoms with E-state index in [9.17, 15) is 9.59 Å². The summed E-state index contributed by atoms with van der Waals surface area (Å²) in [4.78, 5) is 36.4. The molecule has 2 N–H and O–H groups in total. The summed E-state index contributed by atoms with van der Waals surface area (Å²) in [5.74, 6) is 0.231. The van der Waals surface area contributed by atoms with Crippen molar-refractivity contribution in [3.8, 4) is 23.3 Å². The van der Waals surface area contributed by atoms with E-state index in [2.05, 4.69) is 30.5 Å². The SMILES string of the molecule is COc1ccc(C(NC(=O)c2cnc(-c3cccnn3)[nH]c2=O)c2ccc(C#N)nc2)cc1. The van der Waals surface area contributed by atoms with Gasteiger partial charge in [-0.05, 0) is 41.5 Å². The van der Waals surface area contributed by atoms with Crippen LogP contribution in [0.3, 0.4) is 0 Å². The van der Waals surface area contributed by atoms with Gasteiger partial charge < -0.3 is 15.0 Å². The van der Waals surface area contributed by atoms with E-state index >= 15 is 0 Å². The molecule has 3 aromatic heterocycles. The van der Waals surface area contributed by atoms with E-state index < -0.39 is 17.5 Å². The molecule has 162 valence electrons. The second-order valence-corrected chi connectivity index (χ2v) is 6.85. The topological polar surface area (TPSA) is 147 Å². The Labute approximate surface area is 188 Å². The van der Waals surface area contributed by atoms with Gasteiger partial charge in [-0.15, -0.1) is 5.10 Å². The Morgan fingerprint density at radius 2 is 1.88 bits per heavy atom. The maximum atomic E-state index is 13.0. The van der Waals surface area contributed by atoms with Gasteiger partial charge in [-0.2, -0.15) is 10.4 Å². The zero-order valence-electron chi connectivity index (χ0n) is 17.4. The summed E-state index contributed by atoms with van der Waals surface area (Å²) >= 11 is 0. The molecule has 1 aromatic carbocycles. The molecule has 10 nitrogen and oxygen atoms in total. The normalized spacial score (nSPS) is 11.3. The average molecular weight is 439 g/mol. The van der Waals surface area contributed by atoms with Crippen molar-refractivity contribution in [3.05, 3.63) is 99.9 Å². The number of H-pyrrole nitrogens is 1. The van der Waals surface area contributed by atoms with E-state index in [0.29, 0.717) is 17.0 Å². The monoisotopic (exact) mass is 439 g/mol. The summed E-state index contributed by atoms with van der Waals surface area (Å²) in [5.41, 5.74) is 1.21. The number of carbonyl (C=O) groups excluding carboxylic acids is 1. The molecular formula is C23H17N7O3. The molecule has 4 rings (SSSR count). The van der Waals surface area contributed by atoms with E-state index in [1.807, 2.05) is 6.07 Å². The van der Waals surface area contributed by atoms with Crippen LogP contribution in [0.25, 0.3) is 11.5 Å². The van der Waals surface area contributed by atoms with Crippen molar-refractivity contribution in [1.29, 1.82) is 5.26 Å². The predicted octanol–water partition coefficient (Wildman–Crippen LogP) is 2.02. The molecule has 0 saturated heterocycles. The van der Waals surface area contributed by atoms with Crippen LogP contribution >= 0.6 is 0 Å². The fourth-order valence-electron chi connectivity index (χ4n) is 3.12. The number of ether oxygens (including phenoxy) is 1. The number of carbonyl (C=O) groups is 1. The van der Waals surface area contributed by atoms with E-state index in [1.54, 1.807) is 55.6 Å². The minimum atomic E-state index is -0.636. The third-order valence-corrected chi connectivity index (χ3v) is 4.82. The van der Waals surface area contributed by atoms with Gasteiger partial charge >= 0.3 is 0 Å². The molecule has 0 saturated carbocycles. The number of benzene rings is 1. The maximum absolute atomic E-state index is 13.0. The van der Waals surface area contributed by atoms with Gasteiger partial charge in [0.15, 0.2) is 5.82 Å². The quantitative estimate of drug-likeness (QED) is 0.464. The van der Waals surface area contributed by atoms with E-state index in [1.165, 1.54) is 18.6 Å². The standard InChI is InChI=1S/C23H17N7O3/c1-33-17-8-5-14(6-9-17)20(15-4-7-16(11-24)25-12-15)28-22(31)18-13-26-21(29-23(18)32)19-3-2-10-27-30-19/h2-10,12-13,20H,1H3,(H,28,31)(H,26,29,32). The van der Waals surface area contributed by atoms with Crippen LogP contribution in [-0.2, 0) is 0 Å². The van der Waals surface area contributed by atoms with Gasteiger partial charge in [-0.3, -0.25) is 9.59 Å². The highest BCUT2D eigenvalue weighted by Gasteiger charge is 2.21. The zero-order valence-corrected chi connectivity index (χ0v) is 17.4. The third kappa shape index (κ3) is 4.72. The minimum Gasteiger partial charge on any atom is -0.497 e. The number of hydrogen-bond donors (Lipinski definition) is 2. The van der Waals surface area contributed by atoms with Crippen LogP contribution in [0.15, 0.2) is 71.9 Å². The lowest BCUT2D eigenvalue weighted by Crippen LogP contribution is -2.33. The highest BCUT2D eigenvalue weighted by molar-refractivity contribution is 5.94. The summed E-state index contributed by atoms with van der Waals surface area (Å²) in [5, 5.41) is 19.5. The van der Waals surface area contributed by atoms with Gasteiger partial charge in [0.2, 0.25) is 0 Å². The molecule has 0 bridgehead atoms. The molecule has 10 heteroatoms. The fraction of sp³-hybridized carbons (Fsp3) is 0.0870. The Kier molecular flexibility index (Phi) is 6.13. The maximum Gasteiger partial charge on any atom is 0.264 e. The molecule has 0 aliphatic carbocycles. The first-order valence-corrected chi connectivity index (χ1v) is 9.77. The molecule has 0 radical (unpaired) electrons. The lowest BCUT2D eigenvalue weighted by Gasteiger charge is -2.20. The van der Waals surface area contributed by atoms with Crippen LogP contribution in [0.4, 0.5) is 0 Å². The molecule has 0 aliphatic heterocycles. The first kappa shape index (κ1) is 21.3. The van der Waals surface area contributed by atoms with Crippen LogP contribution < -0.4 is 15.6 Å². The van der Waals surface area contributed by atoms with Crippen molar-refractivity contribution in [3.63, 3.8) is 0 Å². The second kappa shape index (κ2) is 9.49. The lowest BCUT2D eigenvalue weighted by atomic mass is 9.99. The van der Waals surface area contributed by atoms with Crippen molar-refractivity contribution in [2.45, 2.75) is 6.04 Å². The second-order valence-electron chi connectivity index (χ2n) is 6.85. The van der Waals surface area contributed by atoms with Crippen LogP contribution in [0, 0.1) is 11.3 Å². The number of aromatic nitrogens is 5. The summed E-state index contributed by atoms with van der Waals surface area (Å²) < 4.78 is 5.20. The van der Waals surface area contributed by atoms with Gasteiger partial charge in [0, 0.05) is 18.6 Å².